The highest BCUT2D eigenvalue weighted by molar-refractivity contribution is 5.96. The van der Waals surface area contributed by atoms with Gasteiger partial charge in [0.15, 0.2) is 5.78 Å². The van der Waals surface area contributed by atoms with E-state index in [2.05, 4.69) is 21.1 Å². The van der Waals surface area contributed by atoms with Crippen LogP contribution in [0, 0.1) is 5.92 Å². The number of nitrogens with zero attached hydrogens (tertiary/aromatic N) is 1. The van der Waals surface area contributed by atoms with Crippen molar-refractivity contribution in [2.75, 3.05) is 6.61 Å². The third-order valence-corrected chi connectivity index (χ3v) is 6.61. The van der Waals surface area contributed by atoms with Crippen LogP contribution in [0.3, 0.4) is 0 Å². The molecule has 3 aromatic rings. The van der Waals surface area contributed by atoms with Crippen molar-refractivity contribution in [2.24, 2.45) is 5.92 Å². The van der Waals surface area contributed by atoms with Gasteiger partial charge in [0.1, 0.15) is 18.1 Å². The lowest BCUT2D eigenvalue weighted by molar-refractivity contribution is -0.151. The molecule has 1 aliphatic rings. The molecule has 0 fully saturated rings. The van der Waals surface area contributed by atoms with E-state index in [0.717, 1.165) is 5.39 Å². The number of amides is 2. The molecule has 4 rings (SSSR count). The fourth-order valence-corrected chi connectivity index (χ4v) is 4.33. The number of hydrogen-bond donors (Lipinski definition) is 4. The molecule has 0 saturated heterocycles. The van der Waals surface area contributed by atoms with Gasteiger partial charge in [0.05, 0.1) is 29.7 Å². The first kappa shape index (κ1) is 29.2. The lowest BCUT2D eigenvalue weighted by Crippen LogP contribution is -2.55. The molecule has 2 aromatic carbocycles. The number of aromatic nitrogens is 1. The second-order valence-corrected chi connectivity index (χ2v) is 10.1. The zero-order valence-electron chi connectivity index (χ0n) is 22.9. The molecular weight excluding hydrogens is 528 g/mol. The Morgan fingerprint density at radius 2 is 1.71 bits per heavy atom. The summed E-state index contributed by atoms with van der Waals surface area (Å²) in [6, 6.07) is 17.8. The Balaban J connectivity index is 1.61. The Kier molecular flexibility index (Phi) is 8.98. The first-order chi connectivity index (χ1) is 19.6. The van der Waals surface area contributed by atoms with Crippen molar-refractivity contribution in [1.82, 2.24) is 21.1 Å². The van der Waals surface area contributed by atoms with Crippen molar-refractivity contribution in [3.05, 3.63) is 84.2 Å². The number of fused-ring (bicyclic) bond motifs is 1. The molecule has 1 unspecified atom stereocenters. The van der Waals surface area contributed by atoms with Crippen LogP contribution < -0.4 is 20.9 Å². The van der Waals surface area contributed by atoms with Crippen molar-refractivity contribution in [1.29, 1.82) is 0 Å². The van der Waals surface area contributed by atoms with Gasteiger partial charge in [0.25, 0.3) is 11.8 Å². The predicted octanol–water partition coefficient (Wildman–Crippen LogP) is 2.77. The van der Waals surface area contributed by atoms with Gasteiger partial charge in [-0.2, -0.15) is 0 Å². The predicted molar refractivity (Wildman–Crippen MR) is 150 cm³/mol. The fraction of sp³-hybridized carbons (Fsp3) is 0.300. The van der Waals surface area contributed by atoms with Gasteiger partial charge in [-0.15, -0.1) is 0 Å². The number of rotatable bonds is 12. The Labute approximate surface area is 236 Å². The van der Waals surface area contributed by atoms with Gasteiger partial charge in [-0.05, 0) is 43.2 Å². The van der Waals surface area contributed by atoms with Gasteiger partial charge in [-0.25, -0.2) is 4.98 Å². The number of ketones is 1. The van der Waals surface area contributed by atoms with Gasteiger partial charge in [0.2, 0.25) is 5.60 Å². The summed E-state index contributed by atoms with van der Waals surface area (Å²) in [6.45, 7) is 4.67. The van der Waals surface area contributed by atoms with Crippen molar-refractivity contribution in [3.63, 3.8) is 0 Å². The fourth-order valence-electron chi connectivity index (χ4n) is 4.33. The summed E-state index contributed by atoms with van der Waals surface area (Å²) in [4.78, 5) is 60.4. The number of hydroxylamine groups is 1. The van der Waals surface area contributed by atoms with Gasteiger partial charge in [-0.3, -0.25) is 29.5 Å². The molecule has 0 saturated carbocycles. The summed E-state index contributed by atoms with van der Waals surface area (Å²) >= 11 is 0. The molecule has 11 heteroatoms. The van der Waals surface area contributed by atoms with Crippen LogP contribution in [0.4, 0.5) is 0 Å². The first-order valence-electron chi connectivity index (χ1n) is 13.1. The number of aliphatic carboxylic acids is 1. The molecule has 0 spiro atoms. The summed E-state index contributed by atoms with van der Waals surface area (Å²) in [6.07, 6.45) is 0.895. The summed E-state index contributed by atoms with van der Waals surface area (Å²) in [5.74, 6) is -2.64. The van der Waals surface area contributed by atoms with Crippen LogP contribution in [0.1, 0.15) is 37.7 Å². The van der Waals surface area contributed by atoms with Crippen LogP contribution in [0.25, 0.3) is 10.9 Å². The zero-order chi connectivity index (χ0) is 29.6. The Morgan fingerprint density at radius 1 is 1.00 bits per heavy atom. The van der Waals surface area contributed by atoms with E-state index in [-0.39, 0.29) is 18.2 Å². The molecule has 0 bridgehead atoms. The maximum atomic E-state index is 13.5. The number of carboxylic acid groups (broad SMARTS) is 1. The minimum atomic E-state index is -1.78. The van der Waals surface area contributed by atoms with Gasteiger partial charge in [0, 0.05) is 5.39 Å². The maximum absolute atomic E-state index is 13.5. The minimum absolute atomic E-state index is 0.146. The van der Waals surface area contributed by atoms with Crippen LogP contribution in [-0.4, -0.2) is 57.9 Å². The smallest absolute Gasteiger partial charge is 0.305 e. The van der Waals surface area contributed by atoms with Gasteiger partial charge < -0.3 is 20.5 Å². The number of benzene rings is 2. The normalized spacial score (nSPS) is 17.7. The number of hydrogen-bond acceptors (Lipinski definition) is 8. The van der Waals surface area contributed by atoms with Crippen molar-refractivity contribution in [2.45, 2.75) is 44.9 Å². The Bertz CT molecular complexity index is 1470. The highest BCUT2D eigenvalue weighted by Crippen LogP contribution is 2.27. The molecular formula is C30H32N4O7. The topological polar surface area (TPSA) is 156 Å². The van der Waals surface area contributed by atoms with E-state index in [4.69, 9.17) is 9.57 Å². The van der Waals surface area contributed by atoms with E-state index in [0.29, 0.717) is 17.0 Å². The largest absolute Gasteiger partial charge is 0.490 e. The van der Waals surface area contributed by atoms with E-state index < -0.39 is 47.7 Å². The van der Waals surface area contributed by atoms with Crippen molar-refractivity contribution >= 4 is 34.5 Å². The number of carbonyl (C=O) groups excluding carboxylic acids is 3. The standard InChI is InChI=1S/C30H32N4O7/c1-18(2)27(33-28(38)23-14-13-20-9-7-8-12-22(20)31-23)25-16-30(41-34-25,17-40-21-10-5-4-6-11-21)29(39)32-24(19(3)35)15-26(36)37/h4-14,16,18,24,27,34H,15,17H2,1-3H3,(H,32,39)(H,33,38)(H,36,37)/t24-,27-,30?/m0/s1. The first-order valence-corrected chi connectivity index (χ1v) is 13.1. The molecule has 41 heavy (non-hydrogen) atoms. The van der Waals surface area contributed by atoms with Crippen molar-refractivity contribution in [3.8, 4) is 5.75 Å². The SMILES string of the molecule is CC(=O)[C@H](CC(=O)O)NC(=O)C1(COc2ccccc2)C=C([C@@H](NC(=O)c2ccc3ccccc3n2)C(C)C)NO1. The molecule has 2 amide bonds. The van der Waals surface area contributed by atoms with Crippen LogP contribution >= 0.6 is 0 Å². The summed E-state index contributed by atoms with van der Waals surface area (Å²) in [7, 11) is 0. The third-order valence-electron chi connectivity index (χ3n) is 6.61. The Morgan fingerprint density at radius 3 is 2.39 bits per heavy atom. The number of ether oxygens (including phenoxy) is 1. The monoisotopic (exact) mass is 560 g/mol. The second kappa shape index (κ2) is 12.6. The molecule has 0 aliphatic carbocycles. The van der Waals surface area contributed by atoms with E-state index >= 15 is 0 Å². The number of carbonyl (C=O) groups is 4. The summed E-state index contributed by atoms with van der Waals surface area (Å²) in [5.41, 5.74) is 2.27. The number of pyridine rings is 1. The highest BCUT2D eigenvalue weighted by Gasteiger charge is 2.47. The van der Waals surface area contributed by atoms with Crippen LogP contribution in [0.2, 0.25) is 0 Å². The van der Waals surface area contributed by atoms with Crippen LogP contribution in [0.5, 0.6) is 5.75 Å². The average Bonchev–Trinajstić information content (AvgIpc) is 3.39. The van der Waals surface area contributed by atoms with E-state index in [1.165, 1.54) is 13.0 Å². The molecule has 1 aromatic heterocycles. The van der Waals surface area contributed by atoms with Gasteiger partial charge in [-0.1, -0.05) is 56.3 Å². The summed E-state index contributed by atoms with van der Waals surface area (Å²) in [5, 5.41) is 15.6. The number of Topliss-reactive ketones (excluding diaryl/α,β-unsaturated/α-hetero) is 1. The van der Waals surface area contributed by atoms with Gasteiger partial charge >= 0.3 is 5.97 Å². The van der Waals surface area contributed by atoms with Crippen LogP contribution in [-0.2, 0) is 19.2 Å². The minimum Gasteiger partial charge on any atom is -0.490 e. The summed E-state index contributed by atoms with van der Waals surface area (Å²) < 4.78 is 5.85. The van der Waals surface area contributed by atoms with Crippen LogP contribution in [0.15, 0.2) is 78.5 Å². The second-order valence-electron chi connectivity index (χ2n) is 10.1. The highest BCUT2D eigenvalue weighted by atomic mass is 16.7. The molecule has 4 N–H and O–H groups in total. The van der Waals surface area contributed by atoms with E-state index in [1.54, 1.807) is 30.3 Å². The molecule has 0 radical (unpaired) electrons. The quantitative estimate of drug-likeness (QED) is 0.262. The lowest BCUT2D eigenvalue weighted by atomic mass is 9.95. The maximum Gasteiger partial charge on any atom is 0.305 e. The molecule has 3 atom stereocenters. The molecule has 2 heterocycles. The average molecular weight is 561 g/mol. The third kappa shape index (κ3) is 7.06. The lowest BCUT2D eigenvalue weighted by Gasteiger charge is -2.26. The van der Waals surface area contributed by atoms with Crippen molar-refractivity contribution < 1.29 is 33.9 Å². The number of carboxylic acids is 1. The molecule has 11 nitrogen and oxygen atoms in total. The molecule has 1 aliphatic heterocycles. The Hall–Kier alpha value is -4.77. The molecule has 214 valence electrons. The number of para-hydroxylation sites is 2. The number of nitrogens with one attached hydrogen (secondary N) is 3. The van der Waals surface area contributed by atoms with E-state index in [1.807, 2.05) is 50.2 Å². The van der Waals surface area contributed by atoms with E-state index in [9.17, 15) is 24.3 Å². The zero-order valence-corrected chi connectivity index (χ0v) is 22.9.